The van der Waals surface area contributed by atoms with Gasteiger partial charge in [0.05, 0.1) is 0 Å². The fourth-order valence-corrected chi connectivity index (χ4v) is 3.39. The largest absolute Gasteiger partial charge is 0.381 e. The maximum Gasteiger partial charge on any atom is 0.0466 e. The topological polar surface area (TPSA) is 9.23 Å². The minimum Gasteiger partial charge on any atom is -0.381 e. The van der Waals surface area contributed by atoms with Gasteiger partial charge < -0.3 is 4.74 Å². The summed E-state index contributed by atoms with van der Waals surface area (Å²) in [7, 11) is 0. The summed E-state index contributed by atoms with van der Waals surface area (Å²) in [5, 5.41) is 0. The first kappa shape index (κ1) is 18.0. The Balaban J connectivity index is 1.66. The Morgan fingerprint density at radius 3 is 1.90 bits per heavy atom. The minimum absolute atomic E-state index is 1.00. The average molecular weight is 283 g/mol. The Morgan fingerprint density at radius 1 is 0.700 bits per heavy atom. The van der Waals surface area contributed by atoms with Gasteiger partial charge in [0.25, 0.3) is 0 Å². The molecule has 0 N–H and O–H groups in total. The number of rotatable bonds is 14. The molecule has 0 aromatic carbocycles. The monoisotopic (exact) mass is 282 g/mol. The molecule has 0 aromatic rings. The molecule has 20 heavy (non-hydrogen) atoms. The van der Waals surface area contributed by atoms with Crippen LogP contribution in [-0.2, 0) is 4.74 Å². The second kappa shape index (κ2) is 13.9. The van der Waals surface area contributed by atoms with Crippen molar-refractivity contribution in [2.24, 2.45) is 5.92 Å². The fraction of sp³-hybridized carbons (Fsp3) is 1.00. The standard InChI is InChI=1S/C19H38O/c1-2-3-4-5-6-7-8-9-12-17-20-18-13-16-19-14-10-11-15-19/h19H,2-18H2,1H3. The van der Waals surface area contributed by atoms with Gasteiger partial charge in [0.2, 0.25) is 0 Å². The first-order valence-corrected chi connectivity index (χ1v) is 9.51. The van der Waals surface area contributed by atoms with Crippen LogP contribution >= 0.6 is 0 Å². The molecular weight excluding hydrogens is 244 g/mol. The predicted octanol–water partition coefficient (Wildman–Crippen LogP) is 6.50. The second-order valence-corrected chi connectivity index (χ2v) is 6.73. The summed E-state index contributed by atoms with van der Waals surface area (Å²) in [6.45, 7) is 4.29. The second-order valence-electron chi connectivity index (χ2n) is 6.73. The van der Waals surface area contributed by atoms with Crippen LogP contribution in [0, 0.1) is 5.92 Å². The van der Waals surface area contributed by atoms with Gasteiger partial charge in [-0.2, -0.15) is 0 Å². The van der Waals surface area contributed by atoms with Crippen molar-refractivity contribution in [1.82, 2.24) is 0 Å². The Morgan fingerprint density at radius 2 is 1.25 bits per heavy atom. The van der Waals surface area contributed by atoms with E-state index >= 15 is 0 Å². The Kier molecular flexibility index (Phi) is 12.5. The third-order valence-electron chi connectivity index (χ3n) is 4.77. The molecule has 1 aliphatic carbocycles. The lowest BCUT2D eigenvalue weighted by molar-refractivity contribution is 0.123. The van der Waals surface area contributed by atoms with Crippen molar-refractivity contribution in [3.05, 3.63) is 0 Å². The molecule has 1 rings (SSSR count). The SMILES string of the molecule is CCCCCCCCCCCOCCCC1CCCC1. The van der Waals surface area contributed by atoms with Gasteiger partial charge in [-0.15, -0.1) is 0 Å². The van der Waals surface area contributed by atoms with Crippen LogP contribution in [0.2, 0.25) is 0 Å². The quantitative estimate of drug-likeness (QED) is 0.330. The van der Waals surface area contributed by atoms with Gasteiger partial charge in [0.15, 0.2) is 0 Å². The summed E-state index contributed by atoms with van der Waals surface area (Å²) in [6, 6.07) is 0. The van der Waals surface area contributed by atoms with E-state index in [1.54, 1.807) is 0 Å². The van der Waals surface area contributed by atoms with E-state index in [0.29, 0.717) is 0 Å². The van der Waals surface area contributed by atoms with Crippen LogP contribution in [0.25, 0.3) is 0 Å². The van der Waals surface area contributed by atoms with E-state index in [1.165, 1.54) is 96.3 Å². The molecule has 0 bridgehead atoms. The van der Waals surface area contributed by atoms with Crippen LogP contribution in [0.4, 0.5) is 0 Å². The zero-order chi connectivity index (χ0) is 14.3. The van der Waals surface area contributed by atoms with Crippen molar-refractivity contribution in [3.63, 3.8) is 0 Å². The van der Waals surface area contributed by atoms with Gasteiger partial charge >= 0.3 is 0 Å². The van der Waals surface area contributed by atoms with E-state index in [4.69, 9.17) is 4.74 Å². The summed E-state index contributed by atoms with van der Waals surface area (Å²) in [5.74, 6) is 1.03. The zero-order valence-electron chi connectivity index (χ0n) is 14.0. The zero-order valence-corrected chi connectivity index (χ0v) is 14.0. The van der Waals surface area contributed by atoms with Crippen molar-refractivity contribution in [2.45, 2.75) is 103 Å². The van der Waals surface area contributed by atoms with Gasteiger partial charge in [-0.3, -0.25) is 0 Å². The smallest absolute Gasteiger partial charge is 0.0466 e. The van der Waals surface area contributed by atoms with E-state index in [0.717, 1.165) is 19.1 Å². The van der Waals surface area contributed by atoms with Gasteiger partial charge in [0, 0.05) is 13.2 Å². The van der Waals surface area contributed by atoms with Crippen molar-refractivity contribution < 1.29 is 4.74 Å². The molecule has 0 amide bonds. The molecule has 0 unspecified atom stereocenters. The predicted molar refractivity (Wildman–Crippen MR) is 89.2 cm³/mol. The lowest BCUT2D eigenvalue weighted by atomic mass is 10.0. The summed E-state index contributed by atoms with van der Waals surface area (Å²) in [4.78, 5) is 0. The van der Waals surface area contributed by atoms with E-state index < -0.39 is 0 Å². The Bertz CT molecular complexity index is 184. The molecule has 0 spiro atoms. The lowest BCUT2D eigenvalue weighted by Gasteiger charge is -2.08. The van der Waals surface area contributed by atoms with E-state index in [2.05, 4.69) is 6.92 Å². The van der Waals surface area contributed by atoms with Crippen molar-refractivity contribution in [1.29, 1.82) is 0 Å². The summed E-state index contributed by atoms with van der Waals surface area (Å²) in [5.41, 5.74) is 0. The van der Waals surface area contributed by atoms with E-state index in [9.17, 15) is 0 Å². The summed E-state index contributed by atoms with van der Waals surface area (Å²) >= 11 is 0. The molecule has 1 heteroatoms. The third kappa shape index (κ3) is 10.7. The number of ether oxygens (including phenoxy) is 1. The van der Waals surface area contributed by atoms with Crippen LogP contribution < -0.4 is 0 Å². The van der Waals surface area contributed by atoms with Crippen molar-refractivity contribution >= 4 is 0 Å². The highest BCUT2D eigenvalue weighted by atomic mass is 16.5. The molecule has 0 atom stereocenters. The molecule has 1 nitrogen and oxygen atoms in total. The minimum atomic E-state index is 1.00. The van der Waals surface area contributed by atoms with Gasteiger partial charge in [-0.25, -0.2) is 0 Å². The van der Waals surface area contributed by atoms with Crippen LogP contribution in [-0.4, -0.2) is 13.2 Å². The Labute approximate surface area is 127 Å². The third-order valence-corrected chi connectivity index (χ3v) is 4.77. The van der Waals surface area contributed by atoms with Crippen LogP contribution in [0.15, 0.2) is 0 Å². The molecular formula is C19H38O. The fourth-order valence-electron chi connectivity index (χ4n) is 3.39. The highest BCUT2D eigenvalue weighted by molar-refractivity contribution is 4.66. The highest BCUT2D eigenvalue weighted by Crippen LogP contribution is 2.28. The normalized spacial score (nSPS) is 16.1. The molecule has 0 saturated heterocycles. The van der Waals surface area contributed by atoms with Crippen molar-refractivity contribution in [2.75, 3.05) is 13.2 Å². The summed E-state index contributed by atoms with van der Waals surface area (Å²) < 4.78 is 5.75. The molecule has 0 radical (unpaired) electrons. The number of hydrogen-bond acceptors (Lipinski definition) is 1. The van der Waals surface area contributed by atoms with Gasteiger partial charge in [-0.05, 0) is 25.2 Å². The Hall–Kier alpha value is -0.0400. The number of hydrogen-bond donors (Lipinski definition) is 0. The molecule has 0 aromatic heterocycles. The molecule has 1 aliphatic rings. The maximum atomic E-state index is 5.75. The molecule has 0 aliphatic heterocycles. The first-order chi connectivity index (χ1) is 9.93. The maximum absolute atomic E-state index is 5.75. The first-order valence-electron chi connectivity index (χ1n) is 9.51. The lowest BCUT2D eigenvalue weighted by Crippen LogP contribution is -2.00. The van der Waals surface area contributed by atoms with Crippen LogP contribution in [0.3, 0.4) is 0 Å². The summed E-state index contributed by atoms with van der Waals surface area (Å²) in [6.07, 6.45) is 21.3. The van der Waals surface area contributed by atoms with Crippen LogP contribution in [0.1, 0.15) is 103 Å². The molecule has 1 saturated carbocycles. The average Bonchev–Trinajstić information content (AvgIpc) is 2.97. The van der Waals surface area contributed by atoms with E-state index in [1.807, 2.05) is 0 Å². The molecule has 120 valence electrons. The molecule has 0 heterocycles. The number of unbranched alkanes of at least 4 members (excludes halogenated alkanes) is 8. The molecule has 1 fully saturated rings. The van der Waals surface area contributed by atoms with Gasteiger partial charge in [0.1, 0.15) is 0 Å². The van der Waals surface area contributed by atoms with Crippen LogP contribution in [0.5, 0.6) is 0 Å². The van der Waals surface area contributed by atoms with Gasteiger partial charge in [-0.1, -0.05) is 84.0 Å². The highest BCUT2D eigenvalue weighted by Gasteiger charge is 2.13. The van der Waals surface area contributed by atoms with Crippen molar-refractivity contribution in [3.8, 4) is 0 Å². The van der Waals surface area contributed by atoms with E-state index in [-0.39, 0.29) is 0 Å².